The molecule has 1 aliphatic heterocycles. The summed E-state index contributed by atoms with van der Waals surface area (Å²) in [4.78, 5) is 25.0. The number of rotatable bonds is 4. The maximum Gasteiger partial charge on any atom is 0.314 e. The predicted octanol–water partition coefficient (Wildman–Crippen LogP) is -0.486. The summed E-state index contributed by atoms with van der Waals surface area (Å²) in [5, 5.41) is 8.20. The fourth-order valence-electron chi connectivity index (χ4n) is 2.01. The average Bonchev–Trinajstić information content (AvgIpc) is 2.82. The third-order valence-corrected chi connectivity index (χ3v) is 3.19. The van der Waals surface area contributed by atoms with Gasteiger partial charge in [-0.05, 0) is 26.8 Å². The van der Waals surface area contributed by atoms with E-state index in [0.29, 0.717) is 6.54 Å². The number of urea groups is 1. The second kappa shape index (κ2) is 6.44. The Balaban J connectivity index is 2.48. The molecule has 0 saturated carbocycles. The van der Waals surface area contributed by atoms with Gasteiger partial charge < -0.3 is 20.9 Å². The standard InChI is InChI=1S/C11H22N4O2/c1-8(12-2)10(16)15-6-4-5-9(15)7-14-11(17)13-3/h8-9,12H,4-7H2,1-3H3,(H2,13,14,17)/t8-,9+/m0/s1. The highest BCUT2D eigenvalue weighted by Gasteiger charge is 2.30. The molecular weight excluding hydrogens is 220 g/mol. The number of nitrogens with one attached hydrogen (secondary N) is 3. The molecule has 0 bridgehead atoms. The lowest BCUT2D eigenvalue weighted by Gasteiger charge is -2.27. The van der Waals surface area contributed by atoms with Gasteiger partial charge in [-0.2, -0.15) is 0 Å². The lowest BCUT2D eigenvalue weighted by molar-refractivity contribution is -0.133. The van der Waals surface area contributed by atoms with Gasteiger partial charge in [0.2, 0.25) is 5.91 Å². The number of amides is 3. The van der Waals surface area contributed by atoms with Gasteiger partial charge in [-0.1, -0.05) is 0 Å². The quantitative estimate of drug-likeness (QED) is 0.623. The lowest BCUT2D eigenvalue weighted by Crippen LogP contribution is -2.50. The Bertz CT molecular complexity index is 283. The molecule has 6 nitrogen and oxygen atoms in total. The van der Waals surface area contributed by atoms with Crippen LogP contribution in [0.2, 0.25) is 0 Å². The first kappa shape index (κ1) is 13.8. The average molecular weight is 242 g/mol. The van der Waals surface area contributed by atoms with Gasteiger partial charge in [0.1, 0.15) is 0 Å². The van der Waals surface area contributed by atoms with Crippen LogP contribution < -0.4 is 16.0 Å². The maximum atomic E-state index is 12.0. The van der Waals surface area contributed by atoms with Gasteiger partial charge in [0.25, 0.3) is 0 Å². The molecule has 0 spiro atoms. The summed E-state index contributed by atoms with van der Waals surface area (Å²) < 4.78 is 0. The maximum absolute atomic E-state index is 12.0. The Morgan fingerprint density at radius 3 is 2.71 bits per heavy atom. The first-order chi connectivity index (χ1) is 8.10. The fraction of sp³-hybridized carbons (Fsp3) is 0.818. The Morgan fingerprint density at radius 2 is 2.12 bits per heavy atom. The minimum absolute atomic E-state index is 0.105. The molecule has 1 saturated heterocycles. The van der Waals surface area contributed by atoms with Gasteiger partial charge >= 0.3 is 6.03 Å². The van der Waals surface area contributed by atoms with Crippen molar-refractivity contribution in [2.45, 2.75) is 31.8 Å². The van der Waals surface area contributed by atoms with Gasteiger partial charge in [0, 0.05) is 26.2 Å². The van der Waals surface area contributed by atoms with E-state index >= 15 is 0 Å². The van der Waals surface area contributed by atoms with E-state index in [1.807, 2.05) is 11.8 Å². The minimum Gasteiger partial charge on any atom is -0.341 e. The van der Waals surface area contributed by atoms with E-state index in [0.717, 1.165) is 19.4 Å². The largest absolute Gasteiger partial charge is 0.341 e. The van der Waals surface area contributed by atoms with E-state index < -0.39 is 0 Å². The Labute approximate surface area is 102 Å². The highest BCUT2D eigenvalue weighted by atomic mass is 16.2. The SMILES string of the molecule is CNC(=O)NC[C@H]1CCCN1C(=O)[C@H](C)NC. The third kappa shape index (κ3) is 3.59. The molecule has 98 valence electrons. The van der Waals surface area contributed by atoms with E-state index in [4.69, 9.17) is 0 Å². The van der Waals surface area contributed by atoms with Crippen molar-refractivity contribution < 1.29 is 9.59 Å². The number of nitrogens with zero attached hydrogens (tertiary/aromatic N) is 1. The monoisotopic (exact) mass is 242 g/mol. The van der Waals surface area contributed by atoms with E-state index in [-0.39, 0.29) is 24.0 Å². The third-order valence-electron chi connectivity index (χ3n) is 3.19. The van der Waals surface area contributed by atoms with Crippen molar-refractivity contribution in [1.29, 1.82) is 0 Å². The normalized spacial score (nSPS) is 21.1. The van der Waals surface area contributed by atoms with Crippen molar-refractivity contribution in [1.82, 2.24) is 20.9 Å². The van der Waals surface area contributed by atoms with Crippen LogP contribution in [0.3, 0.4) is 0 Å². The van der Waals surface area contributed by atoms with Crippen LogP contribution in [0, 0.1) is 0 Å². The molecule has 0 aromatic heterocycles. The molecule has 1 heterocycles. The molecule has 0 aromatic carbocycles. The first-order valence-electron chi connectivity index (χ1n) is 6.03. The number of carbonyl (C=O) groups excluding carboxylic acids is 2. The molecule has 17 heavy (non-hydrogen) atoms. The van der Waals surface area contributed by atoms with Crippen LogP contribution >= 0.6 is 0 Å². The van der Waals surface area contributed by atoms with E-state index in [9.17, 15) is 9.59 Å². The molecule has 3 N–H and O–H groups in total. The zero-order valence-electron chi connectivity index (χ0n) is 10.7. The lowest BCUT2D eigenvalue weighted by atomic mass is 10.2. The number of likely N-dealkylation sites (tertiary alicyclic amines) is 1. The van der Waals surface area contributed by atoms with Crippen molar-refractivity contribution >= 4 is 11.9 Å². The molecule has 0 unspecified atom stereocenters. The topological polar surface area (TPSA) is 73.5 Å². The molecule has 3 amide bonds. The van der Waals surface area contributed by atoms with Gasteiger partial charge in [0.05, 0.1) is 6.04 Å². The van der Waals surface area contributed by atoms with Crippen LogP contribution in [0.1, 0.15) is 19.8 Å². The van der Waals surface area contributed by atoms with E-state index in [2.05, 4.69) is 16.0 Å². The van der Waals surface area contributed by atoms with Gasteiger partial charge in [-0.3, -0.25) is 4.79 Å². The molecule has 1 fully saturated rings. The molecule has 0 aliphatic carbocycles. The number of likely N-dealkylation sites (N-methyl/N-ethyl adjacent to an activating group) is 1. The molecule has 0 radical (unpaired) electrons. The number of hydrogen-bond acceptors (Lipinski definition) is 3. The second-order valence-electron chi connectivity index (χ2n) is 4.30. The van der Waals surface area contributed by atoms with Crippen LogP contribution in [-0.2, 0) is 4.79 Å². The summed E-state index contributed by atoms with van der Waals surface area (Å²) in [7, 11) is 3.35. The zero-order chi connectivity index (χ0) is 12.8. The van der Waals surface area contributed by atoms with Crippen LogP contribution in [0.4, 0.5) is 4.79 Å². The van der Waals surface area contributed by atoms with Crippen LogP contribution in [-0.4, -0.2) is 56.1 Å². The molecule has 2 atom stereocenters. The Hall–Kier alpha value is -1.30. The summed E-state index contributed by atoms with van der Waals surface area (Å²) in [6.07, 6.45) is 1.95. The molecule has 6 heteroatoms. The van der Waals surface area contributed by atoms with Crippen molar-refractivity contribution in [2.75, 3.05) is 27.2 Å². The molecule has 1 aliphatic rings. The van der Waals surface area contributed by atoms with E-state index in [1.54, 1.807) is 14.1 Å². The van der Waals surface area contributed by atoms with Crippen molar-refractivity contribution in [3.63, 3.8) is 0 Å². The minimum atomic E-state index is -0.203. The van der Waals surface area contributed by atoms with Gasteiger partial charge in [-0.25, -0.2) is 4.79 Å². The Kier molecular flexibility index (Phi) is 5.21. The highest BCUT2D eigenvalue weighted by molar-refractivity contribution is 5.82. The zero-order valence-corrected chi connectivity index (χ0v) is 10.7. The summed E-state index contributed by atoms with van der Waals surface area (Å²) in [5.41, 5.74) is 0. The highest BCUT2D eigenvalue weighted by Crippen LogP contribution is 2.17. The van der Waals surface area contributed by atoms with Gasteiger partial charge in [-0.15, -0.1) is 0 Å². The van der Waals surface area contributed by atoms with Crippen LogP contribution in [0.25, 0.3) is 0 Å². The second-order valence-corrected chi connectivity index (χ2v) is 4.30. The number of hydrogen-bond donors (Lipinski definition) is 3. The van der Waals surface area contributed by atoms with Gasteiger partial charge in [0.15, 0.2) is 0 Å². The summed E-state index contributed by atoms with van der Waals surface area (Å²) >= 11 is 0. The molecule has 0 aromatic rings. The smallest absolute Gasteiger partial charge is 0.314 e. The molecule has 1 rings (SSSR count). The predicted molar refractivity (Wildman–Crippen MR) is 65.7 cm³/mol. The Morgan fingerprint density at radius 1 is 1.41 bits per heavy atom. The summed E-state index contributed by atoms with van der Waals surface area (Å²) in [6, 6.07) is -0.253. The first-order valence-corrected chi connectivity index (χ1v) is 6.03. The van der Waals surface area contributed by atoms with Crippen molar-refractivity contribution in [3.05, 3.63) is 0 Å². The van der Waals surface area contributed by atoms with E-state index in [1.165, 1.54) is 0 Å². The van der Waals surface area contributed by atoms with Crippen molar-refractivity contribution in [2.24, 2.45) is 0 Å². The summed E-state index contributed by atoms with van der Waals surface area (Å²) in [5.74, 6) is 0.105. The fourth-order valence-corrected chi connectivity index (χ4v) is 2.01. The number of carbonyl (C=O) groups is 2. The molecular formula is C11H22N4O2. The van der Waals surface area contributed by atoms with Crippen LogP contribution in [0.15, 0.2) is 0 Å². The van der Waals surface area contributed by atoms with Crippen LogP contribution in [0.5, 0.6) is 0 Å². The van der Waals surface area contributed by atoms with Crippen molar-refractivity contribution in [3.8, 4) is 0 Å². The summed E-state index contributed by atoms with van der Waals surface area (Å²) in [6.45, 7) is 3.15.